The van der Waals surface area contributed by atoms with E-state index < -0.39 is 0 Å². The molecule has 0 amide bonds. The molecule has 0 heterocycles. The van der Waals surface area contributed by atoms with Crippen LogP contribution < -0.4 is 0 Å². The Kier molecular flexibility index (Phi) is 8.35. The van der Waals surface area contributed by atoms with Gasteiger partial charge in [0.25, 0.3) is 0 Å². The molecule has 0 saturated carbocycles. The van der Waals surface area contributed by atoms with E-state index in [4.69, 9.17) is 5.21 Å². The average molecular weight is 342 g/mol. The number of unbranched alkanes of at least 4 members (excludes halogenated alkanes) is 6. The van der Waals surface area contributed by atoms with Gasteiger partial charge in [0.15, 0.2) is 0 Å². The first kappa shape index (κ1) is 17.0. The van der Waals surface area contributed by atoms with Crippen LogP contribution in [0, 0.1) is 0 Å². The molecule has 0 saturated heterocycles. The lowest BCUT2D eigenvalue weighted by atomic mass is 10.0. The summed E-state index contributed by atoms with van der Waals surface area (Å²) in [5.74, 6) is 0.117. The lowest BCUT2D eigenvalue weighted by Crippen LogP contribution is -1.91. The Hall–Kier alpha value is -1.03. The lowest BCUT2D eigenvalue weighted by Gasteiger charge is -2.07. The zero-order valence-corrected chi connectivity index (χ0v) is 13.7. The maximum atomic E-state index is 9.80. The quantitative estimate of drug-likeness (QED) is 0.278. The van der Waals surface area contributed by atoms with Crippen molar-refractivity contribution in [1.29, 1.82) is 0 Å². The maximum Gasteiger partial charge on any atom is 0.138 e. The first-order chi connectivity index (χ1) is 9.69. The van der Waals surface area contributed by atoms with E-state index in [1.54, 1.807) is 0 Å². The number of hydrogen-bond donors (Lipinski definition) is 2. The molecule has 0 aromatic heterocycles. The molecule has 1 aromatic carbocycles. The Balaban J connectivity index is 2.40. The molecular weight excluding hydrogens is 318 g/mol. The van der Waals surface area contributed by atoms with Crippen molar-refractivity contribution >= 4 is 22.1 Å². The molecule has 0 atom stereocenters. The fourth-order valence-electron chi connectivity index (χ4n) is 2.27. The molecule has 0 radical (unpaired) electrons. The van der Waals surface area contributed by atoms with E-state index in [1.807, 2.05) is 12.1 Å². The highest BCUT2D eigenvalue weighted by atomic mass is 79.9. The zero-order valence-electron chi connectivity index (χ0n) is 12.1. The Morgan fingerprint density at radius 2 is 1.75 bits per heavy atom. The molecule has 1 aromatic rings. The van der Waals surface area contributed by atoms with E-state index in [0.717, 1.165) is 18.4 Å². The number of phenolic OH excluding ortho intramolecular Hbond substituents is 1. The molecule has 4 heteroatoms. The van der Waals surface area contributed by atoms with Crippen LogP contribution in [0.2, 0.25) is 0 Å². The zero-order chi connectivity index (χ0) is 14.8. The molecule has 0 aliphatic rings. The molecule has 2 N–H and O–H groups in total. The number of oxime groups is 1. The predicted molar refractivity (Wildman–Crippen MR) is 86.9 cm³/mol. The molecule has 20 heavy (non-hydrogen) atoms. The van der Waals surface area contributed by atoms with Crippen LogP contribution in [0.1, 0.15) is 63.0 Å². The average Bonchev–Trinajstić information content (AvgIpc) is 2.43. The molecular formula is C16H24BrNO2. The second kappa shape index (κ2) is 9.81. The third kappa shape index (κ3) is 5.95. The summed E-state index contributed by atoms with van der Waals surface area (Å²) in [5.41, 5.74) is 1.69. The Bertz CT molecular complexity index is 433. The number of benzene rings is 1. The fraction of sp³-hybridized carbons (Fsp3) is 0.562. The van der Waals surface area contributed by atoms with E-state index >= 15 is 0 Å². The minimum Gasteiger partial charge on any atom is -0.506 e. The molecule has 0 spiro atoms. The number of phenols is 1. The van der Waals surface area contributed by atoms with Gasteiger partial charge >= 0.3 is 0 Å². The first-order valence-electron chi connectivity index (χ1n) is 7.37. The third-order valence-corrected chi connectivity index (χ3v) is 4.02. The normalized spacial score (nSPS) is 11.3. The van der Waals surface area contributed by atoms with Crippen molar-refractivity contribution in [3.05, 3.63) is 27.7 Å². The van der Waals surface area contributed by atoms with Crippen molar-refractivity contribution in [1.82, 2.24) is 0 Å². The second-order valence-electron chi connectivity index (χ2n) is 5.13. The minimum atomic E-state index is 0.117. The maximum absolute atomic E-state index is 9.80. The number of aromatic hydroxyl groups is 1. The number of rotatable bonds is 9. The van der Waals surface area contributed by atoms with Gasteiger partial charge in [-0.3, -0.25) is 0 Å². The van der Waals surface area contributed by atoms with Gasteiger partial charge in [0.05, 0.1) is 10.7 Å². The largest absolute Gasteiger partial charge is 0.506 e. The van der Waals surface area contributed by atoms with Crippen LogP contribution in [-0.2, 0) is 6.42 Å². The molecule has 0 unspecified atom stereocenters. The summed E-state index contributed by atoms with van der Waals surface area (Å²) in [6.45, 7) is 2.23. The molecule has 0 bridgehead atoms. The van der Waals surface area contributed by atoms with E-state index in [2.05, 4.69) is 28.0 Å². The van der Waals surface area contributed by atoms with Crippen molar-refractivity contribution in [2.75, 3.05) is 0 Å². The monoisotopic (exact) mass is 341 g/mol. The number of aryl methyl sites for hydroxylation is 1. The van der Waals surface area contributed by atoms with Crippen LogP contribution in [0.4, 0.5) is 0 Å². The summed E-state index contributed by atoms with van der Waals surface area (Å²) in [4.78, 5) is 0. The van der Waals surface area contributed by atoms with Gasteiger partial charge in [-0.1, -0.05) is 50.6 Å². The summed E-state index contributed by atoms with van der Waals surface area (Å²) in [7, 11) is 0. The van der Waals surface area contributed by atoms with E-state index in [1.165, 1.54) is 44.7 Å². The van der Waals surface area contributed by atoms with Crippen molar-refractivity contribution < 1.29 is 10.3 Å². The summed E-state index contributed by atoms with van der Waals surface area (Å²) < 4.78 is 0.646. The van der Waals surface area contributed by atoms with Crippen molar-refractivity contribution in [2.45, 2.75) is 58.3 Å². The van der Waals surface area contributed by atoms with Gasteiger partial charge < -0.3 is 10.3 Å². The molecule has 0 fully saturated rings. The van der Waals surface area contributed by atoms with Crippen molar-refractivity contribution in [3.8, 4) is 5.75 Å². The summed E-state index contributed by atoms with van der Waals surface area (Å²) >= 11 is 3.32. The number of hydrogen-bond acceptors (Lipinski definition) is 3. The van der Waals surface area contributed by atoms with Crippen molar-refractivity contribution in [3.63, 3.8) is 0 Å². The SMILES string of the molecule is CCCCCCCCCc1cc(Br)c(O)c(/C=N\O)c1. The van der Waals surface area contributed by atoms with Crippen LogP contribution in [0.25, 0.3) is 0 Å². The van der Waals surface area contributed by atoms with Gasteiger partial charge in [-0.15, -0.1) is 0 Å². The van der Waals surface area contributed by atoms with Crippen LogP contribution in [0.5, 0.6) is 5.75 Å². The van der Waals surface area contributed by atoms with Gasteiger partial charge in [-0.25, -0.2) is 0 Å². The first-order valence-corrected chi connectivity index (χ1v) is 8.17. The van der Waals surface area contributed by atoms with Gasteiger partial charge in [-0.05, 0) is 46.5 Å². The molecule has 3 nitrogen and oxygen atoms in total. The summed E-state index contributed by atoms with van der Waals surface area (Å²) in [5, 5.41) is 21.4. The van der Waals surface area contributed by atoms with Crippen molar-refractivity contribution in [2.24, 2.45) is 5.16 Å². The highest BCUT2D eigenvalue weighted by Crippen LogP contribution is 2.29. The lowest BCUT2D eigenvalue weighted by molar-refractivity contribution is 0.321. The third-order valence-electron chi connectivity index (χ3n) is 3.42. The summed E-state index contributed by atoms with van der Waals surface area (Å²) in [6, 6.07) is 3.80. The van der Waals surface area contributed by atoms with Crippen LogP contribution in [-0.4, -0.2) is 16.5 Å². The van der Waals surface area contributed by atoms with Gasteiger partial charge in [-0.2, -0.15) is 0 Å². The number of nitrogens with zero attached hydrogens (tertiary/aromatic N) is 1. The van der Waals surface area contributed by atoms with E-state index in [9.17, 15) is 5.11 Å². The van der Waals surface area contributed by atoms with Gasteiger partial charge in [0.2, 0.25) is 0 Å². The van der Waals surface area contributed by atoms with Crippen LogP contribution in [0.3, 0.4) is 0 Å². The predicted octanol–water partition coefficient (Wildman–Crippen LogP) is 5.26. The smallest absolute Gasteiger partial charge is 0.138 e. The Morgan fingerprint density at radius 1 is 1.10 bits per heavy atom. The fourth-order valence-corrected chi connectivity index (χ4v) is 2.79. The van der Waals surface area contributed by atoms with Gasteiger partial charge in [0, 0.05) is 5.56 Å². The highest BCUT2D eigenvalue weighted by molar-refractivity contribution is 9.10. The van der Waals surface area contributed by atoms with E-state index in [-0.39, 0.29) is 5.75 Å². The molecule has 0 aliphatic heterocycles. The Labute approximate surface area is 129 Å². The topological polar surface area (TPSA) is 52.8 Å². The minimum absolute atomic E-state index is 0.117. The van der Waals surface area contributed by atoms with E-state index in [0.29, 0.717) is 10.0 Å². The van der Waals surface area contributed by atoms with Crippen LogP contribution >= 0.6 is 15.9 Å². The molecule has 112 valence electrons. The second-order valence-corrected chi connectivity index (χ2v) is 5.99. The highest BCUT2D eigenvalue weighted by Gasteiger charge is 2.06. The summed E-state index contributed by atoms with van der Waals surface area (Å²) in [6.07, 6.45) is 11.2. The Morgan fingerprint density at radius 3 is 2.40 bits per heavy atom. The van der Waals surface area contributed by atoms with Gasteiger partial charge in [0.1, 0.15) is 5.75 Å². The molecule has 1 rings (SSSR count). The van der Waals surface area contributed by atoms with Crippen LogP contribution in [0.15, 0.2) is 21.8 Å². The standard InChI is InChI=1S/C16H24BrNO2/c1-2-3-4-5-6-7-8-9-13-10-14(12-18-20)16(19)15(17)11-13/h10-12,19-20H,2-9H2,1H3/b18-12-. The molecule has 0 aliphatic carbocycles. The number of halogens is 1.